The molecule has 0 atom stereocenters. The second-order valence-electron chi connectivity index (χ2n) is 7.47. The van der Waals surface area contributed by atoms with Gasteiger partial charge in [-0.05, 0) is 68.4 Å². The third-order valence-electron chi connectivity index (χ3n) is 5.65. The van der Waals surface area contributed by atoms with Crippen LogP contribution >= 0.6 is 0 Å². The molecule has 0 saturated heterocycles. The molecule has 136 valence electrons. The summed E-state index contributed by atoms with van der Waals surface area (Å²) in [5.41, 5.74) is 5.88. The van der Waals surface area contributed by atoms with Gasteiger partial charge in [0.05, 0.1) is 5.56 Å². The molecule has 1 aromatic heterocycles. The van der Waals surface area contributed by atoms with E-state index in [4.69, 9.17) is 0 Å². The topological polar surface area (TPSA) is 54.3 Å². The van der Waals surface area contributed by atoms with Gasteiger partial charge in [0.15, 0.2) is 0 Å². The highest BCUT2D eigenvalue weighted by Gasteiger charge is 2.29. The number of anilines is 2. The molecule has 0 radical (unpaired) electrons. The number of rotatable bonds is 3. The Labute approximate surface area is 154 Å². The van der Waals surface area contributed by atoms with Crippen molar-refractivity contribution >= 4 is 23.2 Å². The van der Waals surface area contributed by atoms with Crippen LogP contribution in [0.5, 0.6) is 0 Å². The maximum absolute atomic E-state index is 12.8. The van der Waals surface area contributed by atoms with E-state index in [1.54, 1.807) is 6.92 Å². The highest BCUT2D eigenvalue weighted by Crippen LogP contribution is 2.41. The summed E-state index contributed by atoms with van der Waals surface area (Å²) >= 11 is 0. The van der Waals surface area contributed by atoms with Crippen molar-refractivity contribution in [2.24, 2.45) is 7.05 Å². The molecule has 0 spiro atoms. The summed E-state index contributed by atoms with van der Waals surface area (Å²) in [7, 11) is 2.04. The van der Waals surface area contributed by atoms with Crippen LogP contribution in [0, 0.1) is 6.92 Å². The molecule has 2 aliphatic rings. The van der Waals surface area contributed by atoms with Crippen LogP contribution in [0.1, 0.15) is 59.4 Å². The molecule has 0 unspecified atom stereocenters. The van der Waals surface area contributed by atoms with E-state index in [-0.39, 0.29) is 11.8 Å². The minimum absolute atomic E-state index is 0.0650. The molecule has 1 N–H and O–H groups in total. The Kier molecular flexibility index (Phi) is 4.10. The number of benzene rings is 1. The summed E-state index contributed by atoms with van der Waals surface area (Å²) in [6, 6.07) is 7.87. The van der Waals surface area contributed by atoms with E-state index in [1.165, 1.54) is 18.5 Å². The predicted molar refractivity (Wildman–Crippen MR) is 103 cm³/mol. The van der Waals surface area contributed by atoms with E-state index < -0.39 is 0 Å². The van der Waals surface area contributed by atoms with Crippen molar-refractivity contribution in [1.29, 1.82) is 0 Å². The molecule has 1 aliphatic heterocycles. The Balaban J connectivity index is 1.57. The summed E-state index contributed by atoms with van der Waals surface area (Å²) in [6.07, 6.45) is 4.32. The predicted octanol–water partition coefficient (Wildman–Crippen LogP) is 3.76. The lowest BCUT2D eigenvalue weighted by atomic mass is 10.0. The fraction of sp³-hybridized carbons (Fsp3) is 0.429. The maximum Gasteiger partial charge on any atom is 0.257 e. The van der Waals surface area contributed by atoms with E-state index in [0.717, 1.165) is 47.6 Å². The summed E-state index contributed by atoms with van der Waals surface area (Å²) in [5, 5.41) is 3.04. The van der Waals surface area contributed by atoms with E-state index >= 15 is 0 Å². The second kappa shape index (κ2) is 6.31. The van der Waals surface area contributed by atoms with Crippen molar-refractivity contribution in [2.75, 3.05) is 16.8 Å². The lowest BCUT2D eigenvalue weighted by Crippen LogP contribution is -2.33. The average Bonchev–Trinajstić information content (AvgIpc) is 3.41. The van der Waals surface area contributed by atoms with Crippen LogP contribution in [-0.2, 0) is 18.3 Å². The van der Waals surface area contributed by atoms with Gasteiger partial charge in [0.2, 0.25) is 5.91 Å². The molecule has 4 rings (SSSR count). The van der Waals surface area contributed by atoms with Crippen molar-refractivity contribution in [3.8, 4) is 0 Å². The molecule has 0 bridgehead atoms. The number of aryl methyl sites for hydroxylation is 1. The Hall–Kier alpha value is -2.56. The minimum atomic E-state index is -0.0656. The fourth-order valence-corrected chi connectivity index (χ4v) is 3.92. The standard InChI is InChI=1S/C21H25N3O2/c1-13-18(12-20(23(13)3)15-6-7-15)21(26)22-17-8-9-19-16(11-17)5-4-10-24(19)14(2)25/h8-9,11-12,15H,4-7,10H2,1-3H3,(H,22,26). The molecule has 2 heterocycles. The van der Waals surface area contributed by atoms with Crippen LogP contribution in [0.3, 0.4) is 0 Å². The summed E-state index contributed by atoms with van der Waals surface area (Å²) in [5.74, 6) is 0.612. The van der Waals surface area contributed by atoms with Crippen LogP contribution in [0.2, 0.25) is 0 Å². The van der Waals surface area contributed by atoms with Gasteiger partial charge in [-0.2, -0.15) is 0 Å². The fourth-order valence-electron chi connectivity index (χ4n) is 3.92. The molecule has 1 saturated carbocycles. The SMILES string of the molecule is CC(=O)N1CCCc2cc(NC(=O)c3cc(C4CC4)n(C)c3C)ccc21. The number of hydrogen-bond donors (Lipinski definition) is 1. The zero-order chi connectivity index (χ0) is 18.4. The molecule has 5 nitrogen and oxygen atoms in total. The molecule has 5 heteroatoms. The normalized spacial score (nSPS) is 16.3. The molecular weight excluding hydrogens is 326 g/mol. The van der Waals surface area contributed by atoms with Gasteiger partial charge in [-0.3, -0.25) is 9.59 Å². The summed E-state index contributed by atoms with van der Waals surface area (Å²) in [6.45, 7) is 4.36. The number of aromatic nitrogens is 1. The maximum atomic E-state index is 12.8. The zero-order valence-corrected chi connectivity index (χ0v) is 15.6. The molecule has 2 amide bonds. The van der Waals surface area contributed by atoms with E-state index in [2.05, 4.69) is 9.88 Å². The molecule has 1 fully saturated rings. The summed E-state index contributed by atoms with van der Waals surface area (Å²) in [4.78, 5) is 26.4. The monoisotopic (exact) mass is 351 g/mol. The zero-order valence-electron chi connectivity index (χ0n) is 15.6. The van der Waals surface area contributed by atoms with Crippen LogP contribution in [0.15, 0.2) is 24.3 Å². The first-order chi connectivity index (χ1) is 12.5. The molecule has 2 aromatic rings. The van der Waals surface area contributed by atoms with Crippen LogP contribution in [0.4, 0.5) is 11.4 Å². The first-order valence-electron chi connectivity index (χ1n) is 9.34. The van der Waals surface area contributed by atoms with E-state index in [0.29, 0.717) is 5.92 Å². The largest absolute Gasteiger partial charge is 0.351 e. The number of hydrogen-bond acceptors (Lipinski definition) is 2. The van der Waals surface area contributed by atoms with Gasteiger partial charge in [0, 0.05) is 43.3 Å². The summed E-state index contributed by atoms with van der Waals surface area (Å²) < 4.78 is 2.14. The van der Waals surface area contributed by atoms with Gasteiger partial charge in [-0.15, -0.1) is 0 Å². The van der Waals surface area contributed by atoms with E-state index in [9.17, 15) is 9.59 Å². The number of carbonyl (C=O) groups is 2. The third-order valence-corrected chi connectivity index (χ3v) is 5.65. The highest BCUT2D eigenvalue weighted by molar-refractivity contribution is 6.05. The van der Waals surface area contributed by atoms with Crippen molar-refractivity contribution in [3.63, 3.8) is 0 Å². The minimum Gasteiger partial charge on any atom is -0.351 e. The molecule has 1 aliphatic carbocycles. The van der Waals surface area contributed by atoms with E-state index in [1.807, 2.05) is 43.1 Å². The Bertz CT molecular complexity index is 893. The molecule has 26 heavy (non-hydrogen) atoms. The van der Waals surface area contributed by atoms with Crippen molar-refractivity contribution in [3.05, 3.63) is 46.8 Å². The van der Waals surface area contributed by atoms with Crippen LogP contribution in [-0.4, -0.2) is 22.9 Å². The van der Waals surface area contributed by atoms with Crippen molar-refractivity contribution in [1.82, 2.24) is 4.57 Å². The van der Waals surface area contributed by atoms with Crippen LogP contribution in [0.25, 0.3) is 0 Å². The van der Waals surface area contributed by atoms with Gasteiger partial charge < -0.3 is 14.8 Å². The lowest BCUT2D eigenvalue weighted by molar-refractivity contribution is -0.116. The van der Waals surface area contributed by atoms with Crippen LogP contribution < -0.4 is 10.2 Å². The Morgan fingerprint density at radius 2 is 1.96 bits per heavy atom. The number of carbonyl (C=O) groups excluding carboxylic acids is 2. The smallest absolute Gasteiger partial charge is 0.257 e. The quantitative estimate of drug-likeness (QED) is 0.915. The molecular formula is C21H25N3O2. The van der Waals surface area contributed by atoms with Gasteiger partial charge >= 0.3 is 0 Å². The van der Waals surface area contributed by atoms with Gasteiger partial charge in [0.1, 0.15) is 0 Å². The third kappa shape index (κ3) is 2.91. The van der Waals surface area contributed by atoms with Gasteiger partial charge in [-0.25, -0.2) is 0 Å². The number of nitrogens with zero attached hydrogens (tertiary/aromatic N) is 2. The van der Waals surface area contributed by atoms with Crippen molar-refractivity contribution < 1.29 is 9.59 Å². The molecule has 1 aromatic carbocycles. The Morgan fingerprint density at radius 3 is 2.65 bits per heavy atom. The average molecular weight is 351 g/mol. The van der Waals surface area contributed by atoms with Crippen molar-refractivity contribution in [2.45, 2.75) is 45.4 Å². The lowest BCUT2D eigenvalue weighted by Gasteiger charge is -2.29. The highest BCUT2D eigenvalue weighted by atomic mass is 16.2. The number of nitrogens with one attached hydrogen (secondary N) is 1. The second-order valence-corrected chi connectivity index (χ2v) is 7.47. The first kappa shape index (κ1) is 16.9. The number of amides is 2. The first-order valence-corrected chi connectivity index (χ1v) is 9.34. The van der Waals surface area contributed by atoms with Gasteiger partial charge in [0.25, 0.3) is 5.91 Å². The Morgan fingerprint density at radius 1 is 1.19 bits per heavy atom. The number of fused-ring (bicyclic) bond motifs is 1. The van der Waals surface area contributed by atoms with Gasteiger partial charge in [-0.1, -0.05) is 0 Å².